The predicted molar refractivity (Wildman–Crippen MR) is 44.3 cm³/mol. The van der Waals surface area contributed by atoms with Gasteiger partial charge in [0.05, 0.1) is 12.2 Å². The Kier molecular flexibility index (Phi) is 1.52. The lowest BCUT2D eigenvalue weighted by atomic mass is 9.67. The van der Waals surface area contributed by atoms with E-state index in [2.05, 4.69) is 6.92 Å². The van der Waals surface area contributed by atoms with E-state index in [0.717, 1.165) is 13.2 Å². The highest BCUT2D eigenvalue weighted by Crippen LogP contribution is 2.47. The molecule has 0 unspecified atom stereocenters. The molecule has 11 heavy (non-hydrogen) atoms. The summed E-state index contributed by atoms with van der Waals surface area (Å²) in [6.45, 7) is 3.94. The van der Waals surface area contributed by atoms with Crippen molar-refractivity contribution in [1.82, 2.24) is 0 Å². The van der Waals surface area contributed by atoms with Crippen molar-refractivity contribution in [2.45, 2.75) is 38.2 Å². The van der Waals surface area contributed by atoms with Gasteiger partial charge in [-0.2, -0.15) is 0 Å². The fraction of sp³-hybridized carbons (Fsp3) is 1.00. The molecule has 64 valence electrons. The van der Waals surface area contributed by atoms with Crippen LogP contribution >= 0.6 is 0 Å². The average molecular weight is 155 g/mol. The molecule has 2 nitrogen and oxygen atoms in total. The van der Waals surface area contributed by atoms with Crippen LogP contribution in [0.25, 0.3) is 0 Å². The highest BCUT2D eigenvalue weighted by molar-refractivity contribution is 4.97. The maximum Gasteiger partial charge on any atom is 0.0655 e. The fourth-order valence-corrected chi connectivity index (χ4v) is 2.19. The van der Waals surface area contributed by atoms with Gasteiger partial charge in [-0.15, -0.1) is 0 Å². The summed E-state index contributed by atoms with van der Waals surface area (Å²) >= 11 is 0. The van der Waals surface area contributed by atoms with Gasteiger partial charge in [-0.1, -0.05) is 0 Å². The Hall–Kier alpha value is -0.0800. The van der Waals surface area contributed by atoms with Crippen LogP contribution in [-0.2, 0) is 4.74 Å². The van der Waals surface area contributed by atoms with E-state index in [0.29, 0.717) is 5.41 Å². The lowest BCUT2D eigenvalue weighted by Gasteiger charge is -2.51. The van der Waals surface area contributed by atoms with E-state index >= 15 is 0 Å². The zero-order valence-corrected chi connectivity index (χ0v) is 7.23. The van der Waals surface area contributed by atoms with Crippen LogP contribution in [0.15, 0.2) is 0 Å². The monoisotopic (exact) mass is 155 g/mol. The molecule has 0 amide bonds. The van der Waals surface area contributed by atoms with Crippen molar-refractivity contribution < 1.29 is 4.74 Å². The third-order valence-corrected chi connectivity index (χ3v) is 3.53. The Balaban J connectivity index is 2.12. The zero-order chi connectivity index (χ0) is 7.95. The quantitative estimate of drug-likeness (QED) is 0.619. The van der Waals surface area contributed by atoms with Gasteiger partial charge in [0.2, 0.25) is 0 Å². The lowest BCUT2D eigenvalue weighted by Crippen LogP contribution is -2.52. The molecule has 3 fully saturated rings. The molecule has 0 aromatic heterocycles. The van der Waals surface area contributed by atoms with Gasteiger partial charge in [-0.3, -0.25) is 0 Å². The minimum atomic E-state index is 0.205. The standard InChI is InChI=1S/C9H17NO/c1-8-2-4-9(6-10,5-3-8)7-11-8/h2-7,10H2,1H3. The molecule has 1 saturated carbocycles. The second-order valence-corrected chi connectivity index (χ2v) is 4.44. The maximum atomic E-state index is 5.78. The van der Waals surface area contributed by atoms with Crippen molar-refractivity contribution >= 4 is 0 Å². The molecule has 0 atom stereocenters. The van der Waals surface area contributed by atoms with Crippen molar-refractivity contribution in [3.05, 3.63) is 0 Å². The van der Waals surface area contributed by atoms with Crippen molar-refractivity contribution in [2.75, 3.05) is 13.2 Å². The van der Waals surface area contributed by atoms with Gasteiger partial charge in [0.15, 0.2) is 0 Å². The second kappa shape index (κ2) is 2.20. The predicted octanol–water partition coefficient (Wildman–Crippen LogP) is 1.29. The number of rotatable bonds is 1. The normalized spacial score (nSPS) is 49.6. The van der Waals surface area contributed by atoms with E-state index in [1.165, 1.54) is 25.7 Å². The Labute approximate surface area is 68.1 Å². The van der Waals surface area contributed by atoms with Crippen LogP contribution < -0.4 is 5.73 Å². The first-order valence-electron chi connectivity index (χ1n) is 4.52. The van der Waals surface area contributed by atoms with Crippen LogP contribution in [0.4, 0.5) is 0 Å². The second-order valence-electron chi connectivity index (χ2n) is 4.44. The van der Waals surface area contributed by atoms with Crippen molar-refractivity contribution in [1.29, 1.82) is 0 Å². The number of hydrogen-bond donors (Lipinski definition) is 1. The molecule has 0 aromatic carbocycles. The minimum absolute atomic E-state index is 0.205. The summed E-state index contributed by atoms with van der Waals surface area (Å²) < 4.78 is 5.78. The number of fused-ring (bicyclic) bond motifs is 3. The Morgan fingerprint density at radius 3 is 2.27 bits per heavy atom. The summed E-state index contributed by atoms with van der Waals surface area (Å²) in [5.41, 5.74) is 6.30. The number of hydrogen-bond acceptors (Lipinski definition) is 2. The molecular weight excluding hydrogens is 138 g/mol. The zero-order valence-electron chi connectivity index (χ0n) is 7.23. The fourth-order valence-electron chi connectivity index (χ4n) is 2.19. The summed E-state index contributed by atoms with van der Waals surface area (Å²) in [5, 5.41) is 0. The lowest BCUT2D eigenvalue weighted by molar-refractivity contribution is -0.170. The molecule has 2 heteroatoms. The first kappa shape index (κ1) is 7.56. The van der Waals surface area contributed by atoms with Gasteiger partial charge in [0.1, 0.15) is 0 Å². The SMILES string of the molecule is CC12CCC(CN)(CC1)CO2. The number of ether oxygens (including phenoxy) is 1. The minimum Gasteiger partial charge on any atom is -0.375 e. The van der Waals surface area contributed by atoms with Gasteiger partial charge < -0.3 is 10.5 Å². The molecule has 3 aliphatic rings. The van der Waals surface area contributed by atoms with E-state index in [-0.39, 0.29) is 5.60 Å². The Morgan fingerprint density at radius 2 is 1.91 bits per heavy atom. The molecular formula is C9H17NO. The average Bonchev–Trinajstić information content (AvgIpc) is 2.07. The van der Waals surface area contributed by atoms with Gasteiger partial charge in [-0.05, 0) is 32.6 Å². The van der Waals surface area contributed by atoms with Gasteiger partial charge in [0, 0.05) is 12.0 Å². The van der Waals surface area contributed by atoms with E-state index in [9.17, 15) is 0 Å². The highest BCUT2D eigenvalue weighted by atomic mass is 16.5. The van der Waals surface area contributed by atoms with E-state index in [1.807, 2.05) is 0 Å². The maximum absolute atomic E-state index is 5.78. The van der Waals surface area contributed by atoms with E-state index < -0.39 is 0 Å². The molecule has 2 aliphatic heterocycles. The van der Waals surface area contributed by atoms with Crippen LogP contribution in [0.3, 0.4) is 0 Å². The van der Waals surface area contributed by atoms with E-state index in [1.54, 1.807) is 0 Å². The van der Waals surface area contributed by atoms with Crippen molar-refractivity contribution in [2.24, 2.45) is 11.1 Å². The smallest absolute Gasteiger partial charge is 0.0655 e. The molecule has 1 aliphatic carbocycles. The largest absolute Gasteiger partial charge is 0.375 e. The topological polar surface area (TPSA) is 35.2 Å². The third-order valence-electron chi connectivity index (χ3n) is 3.53. The molecule has 2 heterocycles. The molecule has 3 rings (SSSR count). The van der Waals surface area contributed by atoms with E-state index in [4.69, 9.17) is 10.5 Å². The van der Waals surface area contributed by atoms with Crippen LogP contribution in [0.5, 0.6) is 0 Å². The molecule has 2 saturated heterocycles. The summed E-state index contributed by atoms with van der Waals surface area (Å²) in [4.78, 5) is 0. The molecule has 2 N–H and O–H groups in total. The molecule has 2 bridgehead atoms. The Bertz CT molecular complexity index is 142. The van der Waals surface area contributed by atoms with Crippen LogP contribution in [0.1, 0.15) is 32.6 Å². The van der Waals surface area contributed by atoms with Crippen molar-refractivity contribution in [3.63, 3.8) is 0 Å². The first-order chi connectivity index (χ1) is 5.18. The summed E-state index contributed by atoms with van der Waals surface area (Å²) in [5.74, 6) is 0. The van der Waals surface area contributed by atoms with Gasteiger partial charge in [-0.25, -0.2) is 0 Å². The van der Waals surface area contributed by atoms with Crippen LogP contribution in [0, 0.1) is 5.41 Å². The summed E-state index contributed by atoms with van der Waals surface area (Å²) in [6, 6.07) is 0. The van der Waals surface area contributed by atoms with Crippen LogP contribution in [-0.4, -0.2) is 18.8 Å². The van der Waals surface area contributed by atoms with Gasteiger partial charge >= 0.3 is 0 Å². The highest BCUT2D eigenvalue weighted by Gasteiger charge is 2.46. The van der Waals surface area contributed by atoms with Gasteiger partial charge in [0.25, 0.3) is 0 Å². The Morgan fingerprint density at radius 1 is 1.27 bits per heavy atom. The summed E-state index contributed by atoms with van der Waals surface area (Å²) in [7, 11) is 0. The first-order valence-corrected chi connectivity index (χ1v) is 4.52. The third kappa shape index (κ3) is 1.09. The number of nitrogens with two attached hydrogens (primary N) is 1. The molecule has 0 radical (unpaired) electrons. The van der Waals surface area contributed by atoms with Crippen molar-refractivity contribution in [3.8, 4) is 0 Å². The molecule has 0 aromatic rings. The molecule has 0 spiro atoms. The van der Waals surface area contributed by atoms with Crippen LogP contribution in [0.2, 0.25) is 0 Å². The summed E-state index contributed by atoms with van der Waals surface area (Å²) in [6.07, 6.45) is 4.98.